The van der Waals surface area contributed by atoms with Gasteiger partial charge in [-0.25, -0.2) is 0 Å². The lowest BCUT2D eigenvalue weighted by Gasteiger charge is -2.39. The van der Waals surface area contributed by atoms with Crippen molar-refractivity contribution in [2.24, 2.45) is 11.7 Å². The van der Waals surface area contributed by atoms with Crippen LogP contribution in [0.3, 0.4) is 0 Å². The summed E-state index contributed by atoms with van der Waals surface area (Å²) in [6.07, 6.45) is 5.68. The molecule has 0 saturated carbocycles. The van der Waals surface area contributed by atoms with Gasteiger partial charge in [0.15, 0.2) is 0 Å². The predicted molar refractivity (Wildman–Crippen MR) is 67.5 cm³/mol. The smallest absolute Gasteiger partial charge is 0.101 e. The van der Waals surface area contributed by atoms with Gasteiger partial charge in [0.25, 0.3) is 0 Å². The van der Waals surface area contributed by atoms with Gasteiger partial charge in [-0.2, -0.15) is 5.26 Å². The number of piperidine rings is 1. The number of pyridine rings is 1. The van der Waals surface area contributed by atoms with Gasteiger partial charge < -0.3 is 10.6 Å². The Morgan fingerprint density at radius 1 is 1.65 bits per heavy atom. The lowest BCUT2D eigenvalue weighted by Crippen LogP contribution is -2.46. The fraction of sp³-hybridized carbons (Fsp3) is 0.538. The molecular formula is C13H18N4. The van der Waals surface area contributed by atoms with Gasteiger partial charge in [0, 0.05) is 25.3 Å². The van der Waals surface area contributed by atoms with E-state index in [4.69, 9.17) is 11.0 Å². The molecule has 2 atom stereocenters. The Bertz CT molecular complexity index is 424. The van der Waals surface area contributed by atoms with E-state index in [2.05, 4.69) is 22.9 Å². The molecule has 0 aromatic carbocycles. The topological polar surface area (TPSA) is 65.9 Å². The monoisotopic (exact) mass is 230 g/mol. The Balaban J connectivity index is 2.29. The van der Waals surface area contributed by atoms with Crippen LogP contribution < -0.4 is 10.6 Å². The maximum Gasteiger partial charge on any atom is 0.101 e. The zero-order chi connectivity index (χ0) is 12.3. The maximum atomic E-state index is 9.12. The number of hydrogen-bond acceptors (Lipinski definition) is 4. The second-order valence-corrected chi connectivity index (χ2v) is 4.72. The highest BCUT2D eigenvalue weighted by Gasteiger charge is 2.26. The second kappa shape index (κ2) is 5.15. The molecule has 90 valence electrons. The molecule has 4 nitrogen and oxygen atoms in total. The first kappa shape index (κ1) is 11.9. The molecule has 0 aliphatic carbocycles. The number of nitriles is 1. The fourth-order valence-corrected chi connectivity index (χ4v) is 2.50. The molecule has 0 radical (unpaired) electrons. The van der Waals surface area contributed by atoms with Crippen molar-refractivity contribution >= 4 is 5.69 Å². The Kier molecular flexibility index (Phi) is 3.60. The van der Waals surface area contributed by atoms with Gasteiger partial charge in [0.2, 0.25) is 0 Å². The van der Waals surface area contributed by atoms with E-state index in [1.807, 2.05) is 0 Å². The van der Waals surface area contributed by atoms with Gasteiger partial charge in [-0.1, -0.05) is 6.92 Å². The van der Waals surface area contributed by atoms with Crippen molar-refractivity contribution in [1.29, 1.82) is 5.26 Å². The minimum Gasteiger partial charge on any atom is -0.365 e. The fourth-order valence-electron chi connectivity index (χ4n) is 2.50. The van der Waals surface area contributed by atoms with E-state index in [1.165, 1.54) is 0 Å². The summed E-state index contributed by atoms with van der Waals surface area (Å²) in [4.78, 5) is 6.36. The van der Waals surface area contributed by atoms with E-state index in [0.29, 0.717) is 24.1 Å². The Labute approximate surface area is 102 Å². The molecule has 0 spiro atoms. The van der Waals surface area contributed by atoms with Gasteiger partial charge in [0.05, 0.1) is 17.4 Å². The molecule has 1 saturated heterocycles. The molecule has 1 aromatic heterocycles. The quantitative estimate of drug-likeness (QED) is 0.836. The van der Waals surface area contributed by atoms with Crippen molar-refractivity contribution in [3.63, 3.8) is 0 Å². The van der Waals surface area contributed by atoms with E-state index in [9.17, 15) is 0 Å². The van der Waals surface area contributed by atoms with Crippen LogP contribution >= 0.6 is 0 Å². The molecule has 2 heterocycles. The average molecular weight is 230 g/mol. The largest absolute Gasteiger partial charge is 0.365 e. The van der Waals surface area contributed by atoms with Crippen LogP contribution in [-0.2, 0) is 0 Å². The lowest BCUT2D eigenvalue weighted by molar-refractivity contribution is 0.366. The Morgan fingerprint density at radius 2 is 2.47 bits per heavy atom. The van der Waals surface area contributed by atoms with Crippen LogP contribution in [0.4, 0.5) is 5.69 Å². The van der Waals surface area contributed by atoms with Gasteiger partial charge in [-0.3, -0.25) is 4.98 Å². The van der Waals surface area contributed by atoms with Crippen molar-refractivity contribution in [3.05, 3.63) is 24.0 Å². The zero-order valence-electron chi connectivity index (χ0n) is 10.1. The van der Waals surface area contributed by atoms with Crippen molar-refractivity contribution < 1.29 is 0 Å². The highest BCUT2D eigenvalue weighted by molar-refractivity contribution is 5.58. The molecule has 0 bridgehead atoms. The molecule has 1 fully saturated rings. The number of aromatic nitrogens is 1. The van der Waals surface area contributed by atoms with Crippen molar-refractivity contribution in [2.75, 3.05) is 18.0 Å². The Hall–Kier alpha value is -1.60. The molecule has 2 rings (SSSR count). The van der Waals surface area contributed by atoms with E-state index < -0.39 is 0 Å². The third-order valence-electron chi connectivity index (χ3n) is 3.48. The SMILES string of the molecule is CC1CCN(c2cnccc2C#N)C(CN)C1. The van der Waals surface area contributed by atoms with Crippen LogP contribution in [-0.4, -0.2) is 24.1 Å². The highest BCUT2D eigenvalue weighted by atomic mass is 15.2. The van der Waals surface area contributed by atoms with Crippen molar-refractivity contribution in [1.82, 2.24) is 4.98 Å². The minimum absolute atomic E-state index is 0.329. The van der Waals surface area contributed by atoms with Crippen molar-refractivity contribution in [3.8, 4) is 6.07 Å². The molecule has 2 N–H and O–H groups in total. The van der Waals surface area contributed by atoms with Crippen molar-refractivity contribution in [2.45, 2.75) is 25.8 Å². The highest BCUT2D eigenvalue weighted by Crippen LogP contribution is 2.28. The molecular weight excluding hydrogens is 212 g/mol. The number of anilines is 1. The van der Waals surface area contributed by atoms with Gasteiger partial charge >= 0.3 is 0 Å². The number of rotatable bonds is 2. The first-order valence-corrected chi connectivity index (χ1v) is 6.07. The van der Waals surface area contributed by atoms with Crippen LogP contribution in [0.15, 0.2) is 18.5 Å². The number of nitrogens with zero attached hydrogens (tertiary/aromatic N) is 3. The number of hydrogen-bond donors (Lipinski definition) is 1. The summed E-state index contributed by atoms with van der Waals surface area (Å²) in [7, 11) is 0. The van der Waals surface area contributed by atoms with Gasteiger partial charge in [-0.15, -0.1) is 0 Å². The maximum absolute atomic E-state index is 9.12. The predicted octanol–water partition coefficient (Wildman–Crippen LogP) is 1.52. The summed E-state index contributed by atoms with van der Waals surface area (Å²) < 4.78 is 0. The van der Waals surface area contributed by atoms with Gasteiger partial charge in [-0.05, 0) is 24.8 Å². The second-order valence-electron chi connectivity index (χ2n) is 4.72. The normalized spacial score (nSPS) is 24.4. The summed E-state index contributed by atoms with van der Waals surface area (Å²) in [6, 6.07) is 4.32. The van der Waals surface area contributed by atoms with E-state index >= 15 is 0 Å². The van der Waals surface area contributed by atoms with Crippen LogP contribution in [0.5, 0.6) is 0 Å². The summed E-state index contributed by atoms with van der Waals surface area (Å²) in [5.41, 5.74) is 7.46. The summed E-state index contributed by atoms with van der Waals surface area (Å²) >= 11 is 0. The average Bonchev–Trinajstić information content (AvgIpc) is 2.38. The Morgan fingerprint density at radius 3 is 3.18 bits per heavy atom. The molecule has 4 heteroatoms. The molecule has 1 aliphatic rings. The summed E-state index contributed by atoms with van der Waals surface area (Å²) in [5.74, 6) is 0.710. The van der Waals surface area contributed by atoms with Gasteiger partial charge in [0.1, 0.15) is 6.07 Å². The third-order valence-corrected chi connectivity index (χ3v) is 3.48. The zero-order valence-corrected chi connectivity index (χ0v) is 10.1. The first-order chi connectivity index (χ1) is 8.26. The lowest BCUT2D eigenvalue weighted by atomic mass is 9.91. The van der Waals surface area contributed by atoms with E-state index in [1.54, 1.807) is 18.5 Å². The van der Waals surface area contributed by atoms with Crippen LogP contribution in [0.2, 0.25) is 0 Å². The standard InChI is InChI=1S/C13H18N4/c1-10-3-5-17(12(6-10)8-15)13-9-16-4-2-11(13)7-14/h2,4,9-10,12H,3,5-6,8,15H2,1H3. The van der Waals surface area contributed by atoms with E-state index in [-0.39, 0.29) is 0 Å². The molecule has 0 amide bonds. The summed E-state index contributed by atoms with van der Waals surface area (Å²) in [5, 5.41) is 9.12. The first-order valence-electron chi connectivity index (χ1n) is 6.07. The summed E-state index contributed by atoms with van der Waals surface area (Å²) in [6.45, 7) is 3.85. The molecule has 2 unspecified atom stereocenters. The van der Waals surface area contributed by atoms with Crippen LogP contribution in [0.1, 0.15) is 25.3 Å². The van der Waals surface area contributed by atoms with Crippen LogP contribution in [0, 0.1) is 17.2 Å². The minimum atomic E-state index is 0.329. The molecule has 1 aromatic rings. The molecule has 1 aliphatic heterocycles. The third kappa shape index (κ3) is 2.40. The van der Waals surface area contributed by atoms with Crippen LogP contribution in [0.25, 0.3) is 0 Å². The van der Waals surface area contributed by atoms with E-state index in [0.717, 1.165) is 25.1 Å². The molecule has 17 heavy (non-hydrogen) atoms. The number of nitrogens with two attached hydrogens (primary N) is 1.